The Morgan fingerprint density at radius 2 is 2.11 bits per heavy atom. The van der Waals surface area contributed by atoms with Crippen LogP contribution < -0.4 is 5.32 Å². The van der Waals surface area contributed by atoms with E-state index < -0.39 is 0 Å². The molecule has 6 nitrogen and oxygen atoms in total. The standard InChI is InChI=1S/C20H23N3O3S2/c1-4-26-19(25)17-13(9-12(2)3)10-27-18(17)23-16(24)11-28-20-21-14-7-5-6-8-15(14)22-20/h5-8,10,12H,4,9,11H2,1-3H3,(H,21,22)(H,23,24). The molecule has 0 spiro atoms. The molecule has 0 unspecified atom stereocenters. The SMILES string of the molecule is CCOC(=O)c1c(CC(C)C)csc1NC(=O)CSc1nc2ccccc2[nH]1. The second-order valence-electron chi connectivity index (χ2n) is 6.68. The molecule has 28 heavy (non-hydrogen) atoms. The number of para-hydroxylation sites is 2. The third-order valence-electron chi connectivity index (χ3n) is 3.94. The van der Waals surface area contributed by atoms with Crippen LogP contribution in [0.4, 0.5) is 5.00 Å². The fourth-order valence-corrected chi connectivity index (χ4v) is 4.46. The normalized spacial score (nSPS) is 11.1. The molecule has 1 aromatic carbocycles. The minimum absolute atomic E-state index is 0.186. The van der Waals surface area contributed by atoms with Crippen LogP contribution in [0.25, 0.3) is 11.0 Å². The Balaban J connectivity index is 1.68. The summed E-state index contributed by atoms with van der Waals surface area (Å²) in [6.07, 6.45) is 0.758. The molecule has 0 fully saturated rings. The molecule has 0 bridgehead atoms. The molecule has 3 rings (SSSR count). The van der Waals surface area contributed by atoms with E-state index in [1.807, 2.05) is 29.6 Å². The van der Waals surface area contributed by atoms with Gasteiger partial charge < -0.3 is 15.0 Å². The molecule has 0 aliphatic carbocycles. The Bertz CT molecular complexity index is 945. The number of fused-ring (bicyclic) bond motifs is 1. The van der Waals surface area contributed by atoms with Crippen molar-refractivity contribution >= 4 is 51.0 Å². The third kappa shape index (κ3) is 4.94. The number of carbonyl (C=O) groups is 2. The van der Waals surface area contributed by atoms with Crippen LogP contribution in [0.5, 0.6) is 0 Å². The van der Waals surface area contributed by atoms with Crippen molar-refractivity contribution in [2.24, 2.45) is 5.92 Å². The molecule has 148 valence electrons. The first-order chi connectivity index (χ1) is 13.5. The van der Waals surface area contributed by atoms with Crippen LogP contribution >= 0.6 is 23.1 Å². The molecule has 2 heterocycles. The number of thiophene rings is 1. The van der Waals surface area contributed by atoms with E-state index in [2.05, 4.69) is 29.1 Å². The average Bonchev–Trinajstić information content (AvgIpc) is 3.23. The summed E-state index contributed by atoms with van der Waals surface area (Å²) in [5.74, 6) is 0.0167. The van der Waals surface area contributed by atoms with Crippen molar-refractivity contribution in [2.75, 3.05) is 17.7 Å². The van der Waals surface area contributed by atoms with Gasteiger partial charge in [-0.15, -0.1) is 11.3 Å². The molecular weight excluding hydrogens is 394 g/mol. The first kappa shape index (κ1) is 20.4. The van der Waals surface area contributed by atoms with Gasteiger partial charge in [-0.2, -0.15) is 0 Å². The van der Waals surface area contributed by atoms with Gasteiger partial charge in [-0.25, -0.2) is 9.78 Å². The van der Waals surface area contributed by atoms with Crippen LogP contribution in [0.3, 0.4) is 0 Å². The van der Waals surface area contributed by atoms with Gasteiger partial charge in [0.2, 0.25) is 5.91 Å². The van der Waals surface area contributed by atoms with Crippen LogP contribution in [0.2, 0.25) is 0 Å². The molecule has 0 radical (unpaired) electrons. The number of nitrogens with one attached hydrogen (secondary N) is 2. The number of aromatic nitrogens is 2. The van der Waals surface area contributed by atoms with Gasteiger partial charge in [-0.1, -0.05) is 37.7 Å². The lowest BCUT2D eigenvalue weighted by Gasteiger charge is -2.09. The summed E-state index contributed by atoms with van der Waals surface area (Å²) in [7, 11) is 0. The van der Waals surface area contributed by atoms with E-state index >= 15 is 0 Å². The number of carbonyl (C=O) groups excluding carboxylic acids is 2. The second kappa shape index (κ2) is 9.25. The number of anilines is 1. The predicted molar refractivity (Wildman–Crippen MR) is 114 cm³/mol. The molecule has 2 aromatic heterocycles. The fraction of sp³-hybridized carbons (Fsp3) is 0.350. The Kier molecular flexibility index (Phi) is 6.74. The Hall–Kier alpha value is -2.32. The minimum atomic E-state index is -0.389. The van der Waals surface area contributed by atoms with Crippen molar-refractivity contribution in [3.8, 4) is 0 Å². The van der Waals surface area contributed by atoms with Crippen molar-refractivity contribution in [3.05, 3.63) is 40.8 Å². The highest BCUT2D eigenvalue weighted by Crippen LogP contribution is 2.31. The number of rotatable bonds is 8. The van der Waals surface area contributed by atoms with Crippen molar-refractivity contribution in [3.63, 3.8) is 0 Å². The quantitative estimate of drug-likeness (QED) is 0.409. The van der Waals surface area contributed by atoms with Gasteiger partial charge >= 0.3 is 5.97 Å². The molecule has 0 saturated carbocycles. The van der Waals surface area contributed by atoms with E-state index in [-0.39, 0.29) is 17.6 Å². The molecule has 0 aliphatic heterocycles. The topological polar surface area (TPSA) is 84.1 Å². The van der Waals surface area contributed by atoms with Gasteiger partial charge in [0.15, 0.2) is 5.16 Å². The van der Waals surface area contributed by atoms with Crippen molar-refractivity contribution in [1.82, 2.24) is 9.97 Å². The van der Waals surface area contributed by atoms with Crippen LogP contribution in [0, 0.1) is 5.92 Å². The Labute approximate surface area is 172 Å². The molecular formula is C20H23N3O3S2. The predicted octanol–water partition coefficient (Wildman–Crippen LogP) is 4.73. The first-order valence-corrected chi connectivity index (χ1v) is 11.0. The maximum atomic E-state index is 12.4. The van der Waals surface area contributed by atoms with Crippen molar-refractivity contribution in [1.29, 1.82) is 0 Å². The number of esters is 1. The van der Waals surface area contributed by atoms with E-state index in [1.54, 1.807) is 6.92 Å². The third-order valence-corrected chi connectivity index (χ3v) is 5.75. The minimum Gasteiger partial charge on any atom is -0.462 e. The van der Waals surface area contributed by atoms with E-state index in [1.165, 1.54) is 23.1 Å². The summed E-state index contributed by atoms with van der Waals surface area (Å²) >= 11 is 2.69. The smallest absolute Gasteiger partial charge is 0.341 e. The van der Waals surface area contributed by atoms with Crippen LogP contribution in [-0.4, -0.2) is 34.2 Å². The molecule has 8 heteroatoms. The summed E-state index contributed by atoms with van der Waals surface area (Å²) in [5, 5.41) is 6.02. The lowest BCUT2D eigenvalue weighted by Crippen LogP contribution is -2.17. The lowest BCUT2D eigenvalue weighted by molar-refractivity contribution is -0.113. The number of aromatic amines is 1. The van der Waals surface area contributed by atoms with Gasteiger partial charge in [0.05, 0.1) is 29.0 Å². The molecule has 2 N–H and O–H groups in total. The summed E-state index contributed by atoms with van der Waals surface area (Å²) in [6, 6.07) is 7.72. The number of benzene rings is 1. The van der Waals surface area contributed by atoms with Gasteiger partial charge in [0.1, 0.15) is 5.00 Å². The zero-order chi connectivity index (χ0) is 20.1. The number of hydrogen-bond acceptors (Lipinski definition) is 6. The fourth-order valence-electron chi connectivity index (χ4n) is 2.80. The summed E-state index contributed by atoms with van der Waals surface area (Å²) < 4.78 is 5.19. The number of nitrogens with zero attached hydrogens (tertiary/aromatic N) is 1. The molecule has 0 aliphatic rings. The molecule has 1 amide bonds. The van der Waals surface area contributed by atoms with Gasteiger partial charge in [0, 0.05) is 0 Å². The Morgan fingerprint density at radius 3 is 2.82 bits per heavy atom. The second-order valence-corrected chi connectivity index (χ2v) is 8.52. The first-order valence-electron chi connectivity index (χ1n) is 9.12. The van der Waals surface area contributed by atoms with Gasteiger partial charge in [-0.05, 0) is 42.3 Å². The van der Waals surface area contributed by atoms with Crippen molar-refractivity contribution in [2.45, 2.75) is 32.3 Å². The lowest BCUT2D eigenvalue weighted by atomic mass is 10.0. The molecule has 3 aromatic rings. The zero-order valence-corrected chi connectivity index (χ0v) is 17.7. The highest BCUT2D eigenvalue weighted by atomic mass is 32.2. The van der Waals surface area contributed by atoms with Crippen LogP contribution in [0.1, 0.15) is 36.7 Å². The molecule has 0 atom stereocenters. The van der Waals surface area contributed by atoms with Crippen LogP contribution in [-0.2, 0) is 16.0 Å². The average molecular weight is 418 g/mol. The molecule has 0 saturated heterocycles. The van der Waals surface area contributed by atoms with Crippen molar-refractivity contribution < 1.29 is 14.3 Å². The number of ether oxygens (including phenoxy) is 1. The Morgan fingerprint density at radius 1 is 1.32 bits per heavy atom. The number of amides is 1. The van der Waals surface area contributed by atoms with E-state index in [0.29, 0.717) is 28.2 Å². The zero-order valence-electron chi connectivity index (χ0n) is 16.1. The van der Waals surface area contributed by atoms with Crippen LogP contribution in [0.15, 0.2) is 34.8 Å². The summed E-state index contributed by atoms with van der Waals surface area (Å²) in [5.41, 5.74) is 3.19. The van der Waals surface area contributed by atoms with Gasteiger partial charge in [0.25, 0.3) is 0 Å². The van der Waals surface area contributed by atoms with E-state index in [0.717, 1.165) is 23.0 Å². The maximum Gasteiger partial charge on any atom is 0.341 e. The number of hydrogen-bond donors (Lipinski definition) is 2. The van der Waals surface area contributed by atoms with E-state index in [9.17, 15) is 9.59 Å². The monoisotopic (exact) mass is 417 g/mol. The maximum absolute atomic E-state index is 12.4. The number of thioether (sulfide) groups is 1. The number of imidazole rings is 1. The highest BCUT2D eigenvalue weighted by Gasteiger charge is 2.22. The largest absolute Gasteiger partial charge is 0.462 e. The van der Waals surface area contributed by atoms with Gasteiger partial charge in [-0.3, -0.25) is 4.79 Å². The highest BCUT2D eigenvalue weighted by molar-refractivity contribution is 7.99. The van der Waals surface area contributed by atoms with E-state index in [4.69, 9.17) is 4.74 Å². The number of H-pyrrole nitrogens is 1. The summed E-state index contributed by atoms with van der Waals surface area (Å²) in [6.45, 7) is 6.25. The summed E-state index contributed by atoms with van der Waals surface area (Å²) in [4.78, 5) is 32.5.